The molecule has 36 heavy (non-hydrogen) atoms. The first-order valence-electron chi connectivity index (χ1n) is 12.8. The van der Waals surface area contributed by atoms with Crippen molar-refractivity contribution in [1.29, 1.82) is 0 Å². The Morgan fingerprint density at radius 3 is 1.97 bits per heavy atom. The van der Waals surface area contributed by atoms with Crippen molar-refractivity contribution in [2.75, 3.05) is 13.2 Å². The van der Waals surface area contributed by atoms with Gasteiger partial charge in [-0.2, -0.15) is 0 Å². The van der Waals surface area contributed by atoms with Crippen LogP contribution in [0, 0.1) is 0 Å². The topological polar surface area (TPSA) is 55.4 Å². The van der Waals surface area contributed by atoms with Crippen LogP contribution in [-0.4, -0.2) is 25.0 Å². The number of benzene rings is 1. The lowest BCUT2D eigenvalue weighted by molar-refractivity contribution is -0.116. The number of nitrogens with one attached hydrogen (secondary N) is 1. The first-order chi connectivity index (χ1) is 17.6. The van der Waals surface area contributed by atoms with Gasteiger partial charge in [-0.3, -0.25) is 4.79 Å². The maximum absolute atomic E-state index is 11.9. The number of unbranched alkanes of at least 4 members (excludes halogenated alkanes) is 7. The van der Waals surface area contributed by atoms with Crippen LogP contribution in [0.5, 0.6) is 0 Å². The summed E-state index contributed by atoms with van der Waals surface area (Å²) in [6.07, 6.45) is 33.4. The predicted octanol–water partition coefficient (Wildman–Crippen LogP) is 8.20. The van der Waals surface area contributed by atoms with E-state index in [1.165, 1.54) is 51.0 Å². The minimum Gasteiger partial charge on any atom is -0.460 e. The molecule has 0 radical (unpaired) electrons. The molecule has 0 fully saturated rings. The van der Waals surface area contributed by atoms with Crippen LogP contribution < -0.4 is 5.32 Å². The summed E-state index contributed by atoms with van der Waals surface area (Å²) < 4.78 is 6.02. The molecule has 0 aliphatic rings. The first kappa shape index (κ1) is 31.1. The Balaban J connectivity index is 2.06. The number of ether oxygens (including phenoxy) is 1. The fourth-order valence-electron chi connectivity index (χ4n) is 3.10. The molecule has 0 aliphatic heterocycles. The van der Waals surface area contributed by atoms with E-state index in [0.29, 0.717) is 5.56 Å². The molecular weight excluding hydrogens is 514 g/mol. The molecule has 1 N–H and O–H groups in total. The van der Waals surface area contributed by atoms with Gasteiger partial charge in [0.05, 0.1) is 12.1 Å². The van der Waals surface area contributed by atoms with E-state index in [1.54, 1.807) is 36.4 Å². The summed E-state index contributed by atoms with van der Waals surface area (Å²) in [6.45, 7) is 2.62. The summed E-state index contributed by atoms with van der Waals surface area (Å²) in [5.41, 5.74) is 0.472. The minimum absolute atomic E-state index is 0.114. The maximum atomic E-state index is 11.9. The van der Waals surface area contributed by atoms with Gasteiger partial charge in [0.15, 0.2) is 0 Å². The number of rotatable bonds is 18. The van der Waals surface area contributed by atoms with Crippen molar-refractivity contribution in [2.45, 2.75) is 58.3 Å². The van der Waals surface area contributed by atoms with Gasteiger partial charge in [0.1, 0.15) is 6.61 Å². The normalized spacial score (nSPS) is 12.3. The molecule has 4 nitrogen and oxygen atoms in total. The zero-order valence-corrected chi connectivity index (χ0v) is 23.0. The SMILES string of the molecule is CCCCCCCCCC=CC=CC=CC=CC=CC=CC(=O)NCCOC(=O)c1ccc(Br)cc1. The van der Waals surface area contributed by atoms with Gasteiger partial charge in [-0.1, -0.05) is 128 Å². The van der Waals surface area contributed by atoms with Crippen molar-refractivity contribution in [2.24, 2.45) is 0 Å². The highest BCUT2D eigenvalue weighted by Crippen LogP contribution is 2.11. The number of halogens is 1. The summed E-state index contributed by atoms with van der Waals surface area (Å²) in [5.74, 6) is -0.657. The Bertz CT molecular complexity index is 908. The number of carbonyl (C=O) groups is 2. The molecule has 0 heterocycles. The molecule has 1 aromatic carbocycles. The van der Waals surface area contributed by atoms with Crippen molar-refractivity contribution in [3.63, 3.8) is 0 Å². The first-order valence-corrected chi connectivity index (χ1v) is 13.6. The lowest BCUT2D eigenvalue weighted by Gasteiger charge is -2.05. The molecule has 5 heteroatoms. The smallest absolute Gasteiger partial charge is 0.338 e. The molecular formula is C31H40BrNO3. The van der Waals surface area contributed by atoms with E-state index in [2.05, 4.69) is 40.3 Å². The van der Waals surface area contributed by atoms with Crippen LogP contribution in [0.15, 0.2) is 102 Å². The zero-order chi connectivity index (χ0) is 26.1. The van der Waals surface area contributed by atoms with Crippen LogP contribution in [0.3, 0.4) is 0 Å². The van der Waals surface area contributed by atoms with Gasteiger partial charge in [-0.05, 0) is 37.1 Å². The zero-order valence-electron chi connectivity index (χ0n) is 21.4. The summed E-state index contributed by atoms with van der Waals surface area (Å²) in [6, 6.07) is 6.91. The molecule has 0 saturated carbocycles. The highest BCUT2D eigenvalue weighted by Gasteiger charge is 2.06. The number of carbonyl (C=O) groups excluding carboxylic acids is 2. The van der Waals surface area contributed by atoms with Gasteiger partial charge >= 0.3 is 5.97 Å². The van der Waals surface area contributed by atoms with Gasteiger partial charge in [0, 0.05) is 10.5 Å². The number of amides is 1. The van der Waals surface area contributed by atoms with Crippen molar-refractivity contribution < 1.29 is 14.3 Å². The van der Waals surface area contributed by atoms with Crippen LogP contribution in [0.4, 0.5) is 0 Å². The lowest BCUT2D eigenvalue weighted by Crippen LogP contribution is -2.26. The van der Waals surface area contributed by atoms with Gasteiger partial charge < -0.3 is 10.1 Å². The Morgan fingerprint density at radius 2 is 1.33 bits per heavy atom. The minimum atomic E-state index is -0.415. The molecule has 1 amide bonds. The van der Waals surface area contributed by atoms with Crippen molar-refractivity contribution in [3.05, 3.63) is 107 Å². The Labute approximate surface area is 225 Å². The third kappa shape index (κ3) is 18.4. The molecule has 0 bridgehead atoms. The fraction of sp³-hybridized carbons (Fsp3) is 0.355. The Kier molecular flexibility index (Phi) is 19.5. The molecule has 0 unspecified atom stereocenters. The van der Waals surface area contributed by atoms with E-state index in [4.69, 9.17) is 4.74 Å². The fourth-order valence-corrected chi connectivity index (χ4v) is 3.36. The second kappa shape index (κ2) is 22.5. The lowest BCUT2D eigenvalue weighted by atomic mass is 10.1. The highest BCUT2D eigenvalue weighted by molar-refractivity contribution is 9.10. The maximum Gasteiger partial charge on any atom is 0.338 e. The number of hydrogen-bond acceptors (Lipinski definition) is 3. The predicted molar refractivity (Wildman–Crippen MR) is 155 cm³/mol. The monoisotopic (exact) mass is 553 g/mol. The molecule has 0 atom stereocenters. The van der Waals surface area contributed by atoms with Gasteiger partial charge in [0.25, 0.3) is 0 Å². The van der Waals surface area contributed by atoms with Crippen LogP contribution >= 0.6 is 15.9 Å². The molecule has 194 valence electrons. The second-order valence-electron chi connectivity index (χ2n) is 8.17. The average Bonchev–Trinajstić information content (AvgIpc) is 2.88. The van der Waals surface area contributed by atoms with Crippen molar-refractivity contribution >= 4 is 27.8 Å². The van der Waals surface area contributed by atoms with Crippen LogP contribution in [0.1, 0.15) is 68.6 Å². The second-order valence-corrected chi connectivity index (χ2v) is 9.09. The number of hydrogen-bond donors (Lipinski definition) is 1. The molecule has 0 aliphatic carbocycles. The molecule has 1 rings (SSSR count). The van der Waals surface area contributed by atoms with Crippen LogP contribution in [0.25, 0.3) is 0 Å². The average molecular weight is 555 g/mol. The van der Waals surface area contributed by atoms with E-state index >= 15 is 0 Å². The largest absolute Gasteiger partial charge is 0.460 e. The standard InChI is InChI=1S/C31H40BrNO3/c1-2-3-4-5-6-7-8-9-10-11-12-13-14-15-16-17-18-19-20-21-30(34)33-26-27-36-31(35)28-22-24-29(32)25-23-28/h10-25H,2-9,26-27H2,1H3,(H,33,34). The molecule has 1 aromatic rings. The highest BCUT2D eigenvalue weighted by atomic mass is 79.9. The van der Waals surface area contributed by atoms with Crippen molar-refractivity contribution in [1.82, 2.24) is 5.32 Å². The van der Waals surface area contributed by atoms with E-state index in [9.17, 15) is 9.59 Å². The Hall–Kier alpha value is -2.92. The van der Waals surface area contributed by atoms with E-state index in [-0.39, 0.29) is 19.1 Å². The van der Waals surface area contributed by atoms with Gasteiger partial charge in [-0.25, -0.2) is 4.79 Å². The quantitative estimate of drug-likeness (QED) is 0.0861. The van der Waals surface area contributed by atoms with Gasteiger partial charge in [0.2, 0.25) is 5.91 Å². The number of allylic oxidation sites excluding steroid dienone is 11. The number of esters is 1. The van der Waals surface area contributed by atoms with Gasteiger partial charge in [-0.15, -0.1) is 0 Å². The molecule has 0 saturated heterocycles. The van der Waals surface area contributed by atoms with Crippen molar-refractivity contribution in [3.8, 4) is 0 Å². The van der Waals surface area contributed by atoms with Crippen LogP contribution in [0.2, 0.25) is 0 Å². The van der Waals surface area contributed by atoms with E-state index in [1.807, 2.05) is 42.5 Å². The summed E-state index contributed by atoms with van der Waals surface area (Å²) in [7, 11) is 0. The summed E-state index contributed by atoms with van der Waals surface area (Å²) in [5, 5.41) is 2.67. The third-order valence-electron chi connectivity index (χ3n) is 5.07. The molecule has 0 aromatic heterocycles. The summed E-state index contributed by atoms with van der Waals surface area (Å²) in [4.78, 5) is 23.6. The Morgan fingerprint density at radius 1 is 0.778 bits per heavy atom. The third-order valence-corrected chi connectivity index (χ3v) is 5.60. The summed E-state index contributed by atoms with van der Waals surface area (Å²) >= 11 is 3.32. The van der Waals surface area contributed by atoms with Crippen LogP contribution in [-0.2, 0) is 9.53 Å². The van der Waals surface area contributed by atoms with E-state index in [0.717, 1.165) is 10.9 Å². The van der Waals surface area contributed by atoms with E-state index < -0.39 is 5.97 Å². The molecule has 0 spiro atoms.